The largest absolute Gasteiger partial charge is 0.386 e. The molecule has 6 heteroatoms. The van der Waals surface area contributed by atoms with Crippen LogP contribution in [-0.4, -0.2) is 39.0 Å². The smallest absolute Gasteiger partial charge is 0.103 e. The molecule has 1 fully saturated rings. The molecule has 134 valence electrons. The third-order valence-corrected chi connectivity index (χ3v) is 5.81. The highest BCUT2D eigenvalue weighted by Crippen LogP contribution is 2.46. The zero-order valence-electron chi connectivity index (χ0n) is 14.7. The zero-order chi connectivity index (χ0) is 17.6. The van der Waals surface area contributed by atoms with Crippen LogP contribution in [0.2, 0.25) is 5.02 Å². The minimum atomic E-state index is -0.568. The number of aromatic nitrogens is 2. The molecule has 2 aliphatic rings. The third kappa shape index (κ3) is 3.10. The average Bonchev–Trinajstić information content (AvgIpc) is 2.99. The topological polar surface area (TPSA) is 50.5 Å². The number of aryl methyl sites for hydroxylation is 1. The van der Waals surface area contributed by atoms with Crippen molar-refractivity contribution in [2.75, 3.05) is 13.2 Å². The SMILES string of the molecule is C[C@H]1C[C@@]2(CCN1Cc1cnn(C)c1)OCC(O)c1ccc(Cl)cc12. The first-order chi connectivity index (χ1) is 12.0. The standard InChI is InChI=1S/C19H24ClN3O2/c1-13-8-19(5-6-23(13)11-14-9-21-22(2)10-14)17-7-15(20)3-4-16(17)18(24)12-25-19/h3-4,7,9-10,13,18,24H,5-6,8,11-12H2,1-2H3/t13-,18?,19+/m0/s1. The van der Waals surface area contributed by atoms with Crippen LogP contribution < -0.4 is 0 Å². The number of piperidine rings is 1. The Morgan fingerprint density at radius 1 is 1.44 bits per heavy atom. The first kappa shape index (κ1) is 17.0. The van der Waals surface area contributed by atoms with Crippen molar-refractivity contribution in [3.05, 3.63) is 52.3 Å². The number of fused-ring (bicyclic) bond motifs is 2. The lowest BCUT2D eigenvalue weighted by Gasteiger charge is -2.49. The maximum Gasteiger partial charge on any atom is 0.103 e. The lowest BCUT2D eigenvalue weighted by molar-refractivity contribution is -0.141. The van der Waals surface area contributed by atoms with Gasteiger partial charge in [0, 0.05) is 43.0 Å². The molecule has 2 aromatic rings. The summed E-state index contributed by atoms with van der Waals surface area (Å²) in [5.41, 5.74) is 2.91. The van der Waals surface area contributed by atoms with Crippen LogP contribution in [0.4, 0.5) is 0 Å². The van der Waals surface area contributed by atoms with Crippen molar-refractivity contribution in [2.45, 2.75) is 44.1 Å². The quantitative estimate of drug-likeness (QED) is 0.893. The molecule has 1 unspecified atom stereocenters. The third-order valence-electron chi connectivity index (χ3n) is 5.58. The molecule has 0 aliphatic carbocycles. The first-order valence-corrected chi connectivity index (χ1v) is 9.18. The average molecular weight is 362 g/mol. The van der Waals surface area contributed by atoms with Crippen LogP contribution in [0.25, 0.3) is 0 Å². The molecule has 2 aliphatic heterocycles. The maximum atomic E-state index is 10.3. The normalized spacial score (nSPS) is 29.8. The molecule has 0 amide bonds. The Morgan fingerprint density at radius 3 is 3.00 bits per heavy atom. The number of ether oxygens (including phenoxy) is 1. The second-order valence-corrected chi connectivity index (χ2v) is 7.78. The van der Waals surface area contributed by atoms with Crippen LogP contribution in [0.5, 0.6) is 0 Å². The van der Waals surface area contributed by atoms with Crippen molar-refractivity contribution in [3.63, 3.8) is 0 Å². The fourth-order valence-electron chi connectivity index (χ4n) is 4.27. The van der Waals surface area contributed by atoms with Crippen molar-refractivity contribution < 1.29 is 9.84 Å². The summed E-state index contributed by atoms with van der Waals surface area (Å²) in [5.74, 6) is 0. The number of halogens is 1. The van der Waals surface area contributed by atoms with Crippen LogP contribution in [0.3, 0.4) is 0 Å². The van der Waals surface area contributed by atoms with E-state index in [0.29, 0.717) is 17.7 Å². The second kappa shape index (κ2) is 6.40. The van der Waals surface area contributed by atoms with Crippen LogP contribution in [0.1, 0.15) is 42.6 Å². The van der Waals surface area contributed by atoms with Crippen LogP contribution in [-0.2, 0) is 23.9 Å². The van der Waals surface area contributed by atoms with Crippen LogP contribution in [0.15, 0.2) is 30.6 Å². The van der Waals surface area contributed by atoms with E-state index in [4.69, 9.17) is 16.3 Å². The molecule has 4 rings (SSSR count). The van der Waals surface area contributed by atoms with Gasteiger partial charge in [0.1, 0.15) is 6.10 Å². The molecular weight excluding hydrogens is 338 g/mol. The number of rotatable bonds is 2. The van der Waals surface area contributed by atoms with Gasteiger partial charge in [-0.15, -0.1) is 0 Å². The van der Waals surface area contributed by atoms with Crippen molar-refractivity contribution in [2.24, 2.45) is 7.05 Å². The van der Waals surface area contributed by atoms with Gasteiger partial charge in [0.25, 0.3) is 0 Å². The molecular formula is C19H24ClN3O2. The lowest BCUT2D eigenvalue weighted by Crippen LogP contribution is -2.50. The molecule has 25 heavy (non-hydrogen) atoms. The Hall–Kier alpha value is -1.40. The molecule has 5 nitrogen and oxygen atoms in total. The van der Waals surface area contributed by atoms with Crippen molar-refractivity contribution in [1.29, 1.82) is 0 Å². The van der Waals surface area contributed by atoms with Gasteiger partial charge in [-0.25, -0.2) is 0 Å². The molecule has 3 heterocycles. The van der Waals surface area contributed by atoms with E-state index >= 15 is 0 Å². The number of hydrogen-bond donors (Lipinski definition) is 1. The summed E-state index contributed by atoms with van der Waals surface area (Å²) in [5, 5.41) is 15.3. The van der Waals surface area contributed by atoms with E-state index in [1.807, 2.05) is 36.1 Å². The molecule has 0 bridgehead atoms. The predicted octanol–water partition coefficient (Wildman–Crippen LogP) is 3.02. The molecule has 1 aromatic carbocycles. The predicted molar refractivity (Wildman–Crippen MR) is 96.4 cm³/mol. The summed E-state index contributed by atoms with van der Waals surface area (Å²) < 4.78 is 8.06. The highest BCUT2D eigenvalue weighted by molar-refractivity contribution is 6.30. The highest BCUT2D eigenvalue weighted by atomic mass is 35.5. The van der Waals surface area contributed by atoms with Crippen molar-refractivity contribution in [1.82, 2.24) is 14.7 Å². The molecule has 1 spiro atoms. The minimum Gasteiger partial charge on any atom is -0.386 e. The van der Waals surface area contributed by atoms with E-state index in [1.54, 1.807) is 0 Å². The molecule has 1 N–H and O–H groups in total. The minimum absolute atomic E-state index is 0.343. The number of nitrogens with zero attached hydrogens (tertiary/aromatic N) is 3. The van der Waals surface area contributed by atoms with Gasteiger partial charge in [-0.3, -0.25) is 9.58 Å². The van der Waals surface area contributed by atoms with E-state index in [0.717, 1.165) is 37.1 Å². The Bertz CT molecular complexity index is 778. The van der Waals surface area contributed by atoms with Gasteiger partial charge in [0.05, 0.1) is 18.4 Å². The fraction of sp³-hybridized carbons (Fsp3) is 0.526. The fourth-order valence-corrected chi connectivity index (χ4v) is 4.44. The van der Waals surface area contributed by atoms with Crippen molar-refractivity contribution >= 4 is 11.6 Å². The summed E-state index contributed by atoms with van der Waals surface area (Å²) in [6.07, 6.45) is 5.23. The number of likely N-dealkylation sites (tertiary alicyclic amines) is 1. The highest BCUT2D eigenvalue weighted by Gasteiger charge is 2.45. The Morgan fingerprint density at radius 2 is 2.28 bits per heavy atom. The number of aliphatic hydroxyl groups excluding tert-OH is 1. The first-order valence-electron chi connectivity index (χ1n) is 8.80. The van der Waals surface area contributed by atoms with E-state index in [9.17, 15) is 5.11 Å². The van der Waals surface area contributed by atoms with E-state index in [2.05, 4.69) is 23.1 Å². The van der Waals surface area contributed by atoms with E-state index < -0.39 is 6.10 Å². The lowest BCUT2D eigenvalue weighted by atomic mass is 9.76. The maximum absolute atomic E-state index is 10.3. The Balaban J connectivity index is 1.57. The van der Waals surface area contributed by atoms with Crippen LogP contribution in [0, 0.1) is 0 Å². The molecule has 1 saturated heterocycles. The Labute approximate surface area is 153 Å². The van der Waals surface area contributed by atoms with E-state index in [1.165, 1.54) is 5.56 Å². The molecule has 1 aromatic heterocycles. The molecule has 0 radical (unpaired) electrons. The summed E-state index contributed by atoms with van der Waals surface area (Å²) in [6.45, 7) is 4.44. The van der Waals surface area contributed by atoms with Gasteiger partial charge in [0.2, 0.25) is 0 Å². The van der Waals surface area contributed by atoms with Gasteiger partial charge in [-0.1, -0.05) is 17.7 Å². The molecule has 0 saturated carbocycles. The van der Waals surface area contributed by atoms with Gasteiger partial charge >= 0.3 is 0 Å². The molecule has 3 atom stereocenters. The van der Waals surface area contributed by atoms with Gasteiger partial charge in [0.15, 0.2) is 0 Å². The van der Waals surface area contributed by atoms with Crippen molar-refractivity contribution in [3.8, 4) is 0 Å². The van der Waals surface area contributed by atoms with Gasteiger partial charge in [-0.2, -0.15) is 5.10 Å². The Kier molecular flexibility index (Phi) is 4.36. The summed E-state index contributed by atoms with van der Waals surface area (Å²) in [7, 11) is 1.94. The number of benzene rings is 1. The second-order valence-electron chi connectivity index (χ2n) is 7.35. The number of aliphatic hydroxyl groups is 1. The van der Waals surface area contributed by atoms with Crippen LogP contribution >= 0.6 is 11.6 Å². The monoisotopic (exact) mass is 361 g/mol. The van der Waals surface area contributed by atoms with Gasteiger partial charge in [-0.05, 0) is 43.0 Å². The summed E-state index contributed by atoms with van der Waals surface area (Å²) >= 11 is 6.24. The summed E-state index contributed by atoms with van der Waals surface area (Å²) in [6, 6.07) is 6.14. The van der Waals surface area contributed by atoms with Gasteiger partial charge < -0.3 is 9.84 Å². The zero-order valence-corrected chi connectivity index (χ0v) is 15.4. The number of hydrogen-bond acceptors (Lipinski definition) is 4. The summed E-state index contributed by atoms with van der Waals surface area (Å²) in [4.78, 5) is 2.47. The van der Waals surface area contributed by atoms with E-state index in [-0.39, 0.29) is 5.60 Å².